The number of nitrogens with zero attached hydrogens (tertiary/aromatic N) is 3. The summed E-state index contributed by atoms with van der Waals surface area (Å²) < 4.78 is 1.71. The minimum atomic E-state index is -0.264. The van der Waals surface area contributed by atoms with Crippen molar-refractivity contribution in [3.8, 4) is 0 Å². The maximum absolute atomic E-state index is 12.5. The zero-order valence-corrected chi connectivity index (χ0v) is 13.7. The Kier molecular flexibility index (Phi) is 4.71. The predicted octanol–water partition coefficient (Wildman–Crippen LogP) is 1.50. The van der Waals surface area contributed by atoms with E-state index in [0.29, 0.717) is 13.0 Å². The van der Waals surface area contributed by atoms with E-state index >= 15 is 0 Å². The van der Waals surface area contributed by atoms with Crippen molar-refractivity contribution in [3.05, 3.63) is 47.0 Å². The molecule has 3 rings (SSSR count). The lowest BCUT2D eigenvalue weighted by Crippen LogP contribution is -2.33. The molecule has 6 heteroatoms. The zero-order valence-electron chi connectivity index (χ0n) is 13.7. The average molecular weight is 313 g/mol. The van der Waals surface area contributed by atoms with Gasteiger partial charge in [0.1, 0.15) is 6.04 Å². The van der Waals surface area contributed by atoms with Gasteiger partial charge in [0.05, 0.1) is 0 Å². The number of carbonyl (C=O) groups is 1. The summed E-state index contributed by atoms with van der Waals surface area (Å²) in [6.07, 6.45) is 7.17. The lowest BCUT2D eigenvalue weighted by Gasteiger charge is -2.22. The summed E-state index contributed by atoms with van der Waals surface area (Å²) >= 11 is 0. The smallest absolute Gasteiger partial charge is 0.245 e. The molecule has 1 amide bonds. The van der Waals surface area contributed by atoms with Crippen molar-refractivity contribution in [2.75, 3.05) is 6.54 Å². The Hall–Kier alpha value is -2.21. The quantitative estimate of drug-likeness (QED) is 0.877. The van der Waals surface area contributed by atoms with Crippen molar-refractivity contribution in [2.45, 2.75) is 45.8 Å². The predicted molar refractivity (Wildman–Crippen MR) is 87.8 cm³/mol. The molecule has 23 heavy (non-hydrogen) atoms. The van der Waals surface area contributed by atoms with Crippen LogP contribution < -0.4 is 10.6 Å². The molecule has 0 bridgehead atoms. The Bertz CT molecular complexity index is 681. The maximum atomic E-state index is 12.5. The number of nitrogens with one attached hydrogen (secondary N) is 2. The number of fused-ring (bicyclic) bond motifs is 1. The SMILES string of the molecule is CCC(C(=O)NCc1c(C)ncc2c1CCNC2)n1cccn1. The van der Waals surface area contributed by atoms with Crippen molar-refractivity contribution < 1.29 is 4.79 Å². The van der Waals surface area contributed by atoms with Crippen LogP contribution in [-0.4, -0.2) is 27.2 Å². The van der Waals surface area contributed by atoms with E-state index < -0.39 is 0 Å². The van der Waals surface area contributed by atoms with Crippen molar-refractivity contribution in [2.24, 2.45) is 0 Å². The Labute approximate surface area is 136 Å². The van der Waals surface area contributed by atoms with Crippen molar-refractivity contribution >= 4 is 5.91 Å². The van der Waals surface area contributed by atoms with Gasteiger partial charge in [-0.3, -0.25) is 14.5 Å². The Morgan fingerprint density at radius 1 is 1.52 bits per heavy atom. The highest BCUT2D eigenvalue weighted by Gasteiger charge is 2.20. The third-order valence-corrected chi connectivity index (χ3v) is 4.44. The van der Waals surface area contributed by atoms with Crippen LogP contribution in [0.25, 0.3) is 0 Å². The maximum Gasteiger partial charge on any atom is 0.245 e. The van der Waals surface area contributed by atoms with Gasteiger partial charge in [-0.2, -0.15) is 5.10 Å². The molecule has 0 saturated heterocycles. The fourth-order valence-electron chi connectivity index (χ4n) is 3.13. The zero-order chi connectivity index (χ0) is 16.2. The summed E-state index contributed by atoms with van der Waals surface area (Å²) in [7, 11) is 0. The van der Waals surface area contributed by atoms with Crippen LogP contribution in [0, 0.1) is 6.92 Å². The first-order valence-corrected chi connectivity index (χ1v) is 8.14. The third kappa shape index (κ3) is 3.27. The highest BCUT2D eigenvalue weighted by Crippen LogP contribution is 2.20. The lowest BCUT2D eigenvalue weighted by molar-refractivity contribution is -0.124. The Balaban J connectivity index is 1.74. The highest BCUT2D eigenvalue weighted by molar-refractivity contribution is 5.80. The number of hydrogen-bond acceptors (Lipinski definition) is 4. The van der Waals surface area contributed by atoms with Gasteiger partial charge in [-0.25, -0.2) is 0 Å². The number of carbonyl (C=O) groups excluding carboxylic acids is 1. The number of pyridine rings is 1. The van der Waals surface area contributed by atoms with Crippen molar-refractivity contribution in [1.29, 1.82) is 0 Å². The van der Waals surface area contributed by atoms with E-state index in [0.717, 1.165) is 30.8 Å². The van der Waals surface area contributed by atoms with Crippen LogP contribution in [0.2, 0.25) is 0 Å². The highest BCUT2D eigenvalue weighted by atomic mass is 16.2. The molecule has 1 aliphatic heterocycles. The molecular formula is C17H23N5O. The van der Waals surface area contributed by atoms with Crippen LogP contribution in [0.5, 0.6) is 0 Å². The molecule has 0 fully saturated rings. The second-order valence-electron chi connectivity index (χ2n) is 5.88. The van der Waals surface area contributed by atoms with E-state index in [-0.39, 0.29) is 11.9 Å². The van der Waals surface area contributed by atoms with Crippen LogP contribution in [0.1, 0.15) is 41.8 Å². The van der Waals surface area contributed by atoms with E-state index in [2.05, 4.69) is 20.7 Å². The fourth-order valence-corrected chi connectivity index (χ4v) is 3.13. The molecule has 2 N–H and O–H groups in total. The van der Waals surface area contributed by atoms with Gasteiger partial charge in [0.25, 0.3) is 0 Å². The van der Waals surface area contributed by atoms with Gasteiger partial charge in [-0.15, -0.1) is 0 Å². The number of aryl methyl sites for hydroxylation is 1. The van der Waals surface area contributed by atoms with Gasteiger partial charge in [-0.05, 0) is 49.1 Å². The van der Waals surface area contributed by atoms with Gasteiger partial charge in [0.15, 0.2) is 0 Å². The van der Waals surface area contributed by atoms with Gasteiger partial charge < -0.3 is 10.6 Å². The van der Waals surface area contributed by atoms with Gasteiger partial charge in [0.2, 0.25) is 5.91 Å². The van der Waals surface area contributed by atoms with Crippen LogP contribution in [-0.2, 0) is 24.3 Å². The lowest BCUT2D eigenvalue weighted by atomic mass is 9.96. The molecule has 2 aromatic rings. The fraction of sp³-hybridized carbons (Fsp3) is 0.471. The molecule has 3 heterocycles. The number of aromatic nitrogens is 3. The molecule has 1 atom stereocenters. The monoisotopic (exact) mass is 313 g/mol. The summed E-state index contributed by atoms with van der Waals surface area (Å²) in [6, 6.07) is 1.57. The second-order valence-corrected chi connectivity index (χ2v) is 5.88. The van der Waals surface area contributed by atoms with Gasteiger partial charge in [0, 0.05) is 37.4 Å². The Morgan fingerprint density at radius 2 is 2.39 bits per heavy atom. The minimum absolute atomic E-state index is 0.00198. The standard InChI is InChI=1S/C17H23N5O/c1-3-16(22-8-4-6-21-22)17(23)20-11-15-12(2)19-10-13-9-18-7-5-14(13)15/h4,6,8,10,16,18H,3,5,7,9,11H2,1-2H3,(H,20,23). The van der Waals surface area contributed by atoms with E-state index in [1.54, 1.807) is 10.9 Å². The summed E-state index contributed by atoms with van der Waals surface area (Å²) in [6.45, 7) is 6.36. The van der Waals surface area contributed by atoms with Crippen LogP contribution in [0.3, 0.4) is 0 Å². The normalized spacial score (nSPS) is 15.0. The summed E-state index contributed by atoms with van der Waals surface area (Å²) in [5.41, 5.74) is 4.74. The first-order valence-electron chi connectivity index (χ1n) is 8.14. The molecule has 0 radical (unpaired) electrons. The van der Waals surface area contributed by atoms with E-state index in [9.17, 15) is 4.79 Å². The van der Waals surface area contributed by atoms with Crippen LogP contribution >= 0.6 is 0 Å². The second kappa shape index (κ2) is 6.91. The van der Waals surface area contributed by atoms with E-state index in [1.807, 2.05) is 32.3 Å². The minimum Gasteiger partial charge on any atom is -0.350 e. The van der Waals surface area contributed by atoms with Gasteiger partial charge >= 0.3 is 0 Å². The van der Waals surface area contributed by atoms with Crippen molar-refractivity contribution in [1.82, 2.24) is 25.4 Å². The van der Waals surface area contributed by atoms with Crippen molar-refractivity contribution in [3.63, 3.8) is 0 Å². The van der Waals surface area contributed by atoms with Gasteiger partial charge in [-0.1, -0.05) is 6.92 Å². The molecule has 2 aromatic heterocycles. The summed E-state index contributed by atoms with van der Waals surface area (Å²) in [5.74, 6) is 0.00198. The number of rotatable bonds is 5. The topological polar surface area (TPSA) is 71.8 Å². The molecule has 0 aromatic carbocycles. The summed E-state index contributed by atoms with van der Waals surface area (Å²) in [5, 5.41) is 10.6. The third-order valence-electron chi connectivity index (χ3n) is 4.44. The molecule has 0 spiro atoms. The molecule has 1 unspecified atom stereocenters. The average Bonchev–Trinajstić information content (AvgIpc) is 3.09. The van der Waals surface area contributed by atoms with E-state index in [4.69, 9.17) is 0 Å². The summed E-state index contributed by atoms with van der Waals surface area (Å²) in [4.78, 5) is 17.0. The molecule has 0 aliphatic carbocycles. The van der Waals surface area contributed by atoms with Crippen LogP contribution in [0.4, 0.5) is 0 Å². The first-order chi connectivity index (χ1) is 11.2. The molecule has 1 aliphatic rings. The molecule has 6 nitrogen and oxygen atoms in total. The molecular weight excluding hydrogens is 290 g/mol. The molecule has 122 valence electrons. The number of hydrogen-bond donors (Lipinski definition) is 2. The first kappa shape index (κ1) is 15.7. The molecule has 0 saturated carbocycles. The number of amides is 1. The van der Waals surface area contributed by atoms with Crippen LogP contribution in [0.15, 0.2) is 24.7 Å². The largest absolute Gasteiger partial charge is 0.350 e. The Morgan fingerprint density at radius 3 is 3.13 bits per heavy atom. The van der Waals surface area contributed by atoms with E-state index in [1.165, 1.54) is 11.1 Å².